The molecule has 0 aromatic carbocycles. The second-order valence-electron chi connectivity index (χ2n) is 7.61. The first-order valence-corrected chi connectivity index (χ1v) is 7.75. The van der Waals surface area contributed by atoms with E-state index in [0.29, 0.717) is 11.8 Å². The zero-order valence-electron chi connectivity index (χ0n) is 12.8. The molecule has 0 aromatic rings. The van der Waals surface area contributed by atoms with E-state index < -0.39 is 0 Å². The minimum Gasteiger partial charge on any atom is -0.393 e. The second kappa shape index (κ2) is 5.13. The van der Waals surface area contributed by atoms with E-state index in [1.807, 2.05) is 0 Å². The first-order chi connectivity index (χ1) is 8.32. The second-order valence-corrected chi connectivity index (χ2v) is 7.61. The number of nitrogens with zero attached hydrogens (tertiary/aromatic N) is 1. The monoisotopic (exact) mass is 253 g/mol. The molecule has 0 aromatic heterocycles. The maximum atomic E-state index is 10.4. The maximum Gasteiger partial charge on any atom is 0.0588 e. The lowest BCUT2D eigenvalue weighted by Gasteiger charge is -2.47. The predicted octanol–water partition coefficient (Wildman–Crippen LogP) is 3.15. The van der Waals surface area contributed by atoms with Crippen LogP contribution in [0.1, 0.15) is 53.9 Å². The van der Waals surface area contributed by atoms with Crippen molar-refractivity contribution in [2.45, 2.75) is 65.5 Å². The van der Waals surface area contributed by atoms with Crippen LogP contribution in [0.25, 0.3) is 0 Å². The molecule has 2 rings (SSSR count). The average Bonchev–Trinajstić information content (AvgIpc) is 2.59. The highest BCUT2D eigenvalue weighted by Crippen LogP contribution is 2.41. The Hall–Kier alpha value is -0.0800. The SMILES string of the molecule is C[C@@H]1CC[C@@H](C(C)(C)N2C[C@H](C)[C@@H](C)C2)[C@H](O)C1. The van der Waals surface area contributed by atoms with Crippen LogP contribution in [-0.4, -0.2) is 34.7 Å². The van der Waals surface area contributed by atoms with Gasteiger partial charge in [-0.1, -0.05) is 27.2 Å². The summed E-state index contributed by atoms with van der Waals surface area (Å²) in [5.41, 5.74) is 0.151. The van der Waals surface area contributed by atoms with E-state index in [2.05, 4.69) is 39.5 Å². The molecular formula is C16H31NO. The molecule has 1 aliphatic heterocycles. The Kier molecular flexibility index (Phi) is 4.08. The van der Waals surface area contributed by atoms with Crippen molar-refractivity contribution in [2.24, 2.45) is 23.7 Å². The van der Waals surface area contributed by atoms with Gasteiger partial charge >= 0.3 is 0 Å². The summed E-state index contributed by atoms with van der Waals surface area (Å²) in [6.07, 6.45) is 3.36. The Morgan fingerprint density at radius 2 is 1.56 bits per heavy atom. The van der Waals surface area contributed by atoms with E-state index in [0.717, 1.165) is 18.3 Å². The van der Waals surface area contributed by atoms with Crippen LogP contribution in [0.4, 0.5) is 0 Å². The number of aliphatic hydroxyl groups is 1. The van der Waals surface area contributed by atoms with Gasteiger partial charge in [-0.15, -0.1) is 0 Å². The normalized spacial score (nSPS) is 43.3. The van der Waals surface area contributed by atoms with Gasteiger partial charge in [0.2, 0.25) is 0 Å². The Balaban J connectivity index is 2.06. The molecule has 0 bridgehead atoms. The van der Waals surface area contributed by atoms with Crippen LogP contribution in [0.5, 0.6) is 0 Å². The minimum absolute atomic E-state index is 0.102. The summed E-state index contributed by atoms with van der Waals surface area (Å²) in [5.74, 6) is 2.74. The zero-order valence-corrected chi connectivity index (χ0v) is 12.8. The van der Waals surface area contributed by atoms with Crippen molar-refractivity contribution in [1.82, 2.24) is 4.90 Å². The van der Waals surface area contributed by atoms with Gasteiger partial charge in [0, 0.05) is 24.5 Å². The first-order valence-electron chi connectivity index (χ1n) is 7.75. The molecule has 1 heterocycles. The van der Waals surface area contributed by atoms with Crippen LogP contribution >= 0.6 is 0 Å². The predicted molar refractivity (Wildman–Crippen MR) is 76.5 cm³/mol. The Bertz CT molecular complexity index is 279. The summed E-state index contributed by atoms with van der Waals surface area (Å²) in [6.45, 7) is 14.1. The molecule has 0 unspecified atom stereocenters. The van der Waals surface area contributed by atoms with Crippen LogP contribution in [0, 0.1) is 23.7 Å². The van der Waals surface area contributed by atoms with Crippen LogP contribution in [-0.2, 0) is 0 Å². The molecule has 1 aliphatic carbocycles. The lowest BCUT2D eigenvalue weighted by molar-refractivity contribution is -0.0383. The number of rotatable bonds is 2. The largest absolute Gasteiger partial charge is 0.393 e. The highest BCUT2D eigenvalue weighted by Gasteiger charge is 2.44. The van der Waals surface area contributed by atoms with Gasteiger partial charge in [0.25, 0.3) is 0 Å². The Morgan fingerprint density at radius 1 is 1.00 bits per heavy atom. The van der Waals surface area contributed by atoms with E-state index in [9.17, 15) is 5.11 Å². The quantitative estimate of drug-likeness (QED) is 0.817. The molecule has 2 nitrogen and oxygen atoms in total. The van der Waals surface area contributed by atoms with Crippen LogP contribution < -0.4 is 0 Å². The van der Waals surface area contributed by atoms with Crippen molar-refractivity contribution in [3.63, 3.8) is 0 Å². The van der Waals surface area contributed by atoms with Gasteiger partial charge in [0.15, 0.2) is 0 Å². The lowest BCUT2D eigenvalue weighted by Crippen LogP contribution is -2.53. The standard InChI is InChI=1S/C16H31NO/c1-11-6-7-14(15(18)8-11)16(4,5)17-9-12(2)13(3)10-17/h11-15,18H,6-10H2,1-5H3/t11-,12+,13+,14-,15-/m1/s1. The summed E-state index contributed by atoms with van der Waals surface area (Å²) in [7, 11) is 0. The molecule has 106 valence electrons. The minimum atomic E-state index is -0.102. The molecule has 2 aliphatic rings. The molecule has 18 heavy (non-hydrogen) atoms. The Labute approximate surface area is 113 Å². The Morgan fingerprint density at radius 3 is 2.06 bits per heavy atom. The van der Waals surface area contributed by atoms with Gasteiger partial charge in [-0.3, -0.25) is 4.90 Å². The number of hydrogen-bond donors (Lipinski definition) is 1. The summed E-state index contributed by atoms with van der Waals surface area (Å²) < 4.78 is 0. The number of likely N-dealkylation sites (tertiary alicyclic amines) is 1. The summed E-state index contributed by atoms with van der Waals surface area (Å²) in [4.78, 5) is 2.63. The molecule has 1 saturated carbocycles. The van der Waals surface area contributed by atoms with E-state index in [-0.39, 0.29) is 11.6 Å². The fourth-order valence-corrected chi connectivity index (χ4v) is 4.01. The third kappa shape index (κ3) is 2.60. The van der Waals surface area contributed by atoms with Gasteiger partial charge in [0.05, 0.1) is 6.10 Å². The summed E-state index contributed by atoms with van der Waals surface area (Å²) in [5, 5.41) is 10.4. The van der Waals surface area contributed by atoms with Crippen molar-refractivity contribution in [3.05, 3.63) is 0 Å². The smallest absolute Gasteiger partial charge is 0.0588 e. The molecule has 5 atom stereocenters. The molecule has 0 radical (unpaired) electrons. The highest BCUT2D eigenvalue weighted by atomic mass is 16.3. The van der Waals surface area contributed by atoms with Crippen molar-refractivity contribution in [2.75, 3.05) is 13.1 Å². The van der Waals surface area contributed by atoms with E-state index >= 15 is 0 Å². The van der Waals surface area contributed by atoms with Gasteiger partial charge in [-0.05, 0) is 44.4 Å². The molecule has 1 N–H and O–H groups in total. The number of aliphatic hydroxyl groups excluding tert-OH is 1. The number of hydrogen-bond acceptors (Lipinski definition) is 2. The van der Waals surface area contributed by atoms with Gasteiger partial charge < -0.3 is 5.11 Å². The van der Waals surface area contributed by atoms with E-state index in [1.165, 1.54) is 25.9 Å². The summed E-state index contributed by atoms with van der Waals surface area (Å²) >= 11 is 0. The highest BCUT2D eigenvalue weighted by molar-refractivity contribution is 4.98. The van der Waals surface area contributed by atoms with Gasteiger partial charge in [-0.25, -0.2) is 0 Å². The molecular weight excluding hydrogens is 222 g/mol. The molecule has 0 spiro atoms. The van der Waals surface area contributed by atoms with Crippen molar-refractivity contribution in [1.29, 1.82) is 0 Å². The van der Waals surface area contributed by atoms with Crippen LogP contribution in [0.2, 0.25) is 0 Å². The molecule has 0 amide bonds. The first kappa shape index (κ1) is 14.3. The third-order valence-corrected chi connectivity index (χ3v) is 5.79. The fourth-order valence-electron chi connectivity index (χ4n) is 4.01. The van der Waals surface area contributed by atoms with Gasteiger partial charge in [0.1, 0.15) is 0 Å². The summed E-state index contributed by atoms with van der Waals surface area (Å²) in [6, 6.07) is 0. The van der Waals surface area contributed by atoms with Gasteiger partial charge in [-0.2, -0.15) is 0 Å². The van der Waals surface area contributed by atoms with Crippen molar-refractivity contribution >= 4 is 0 Å². The van der Waals surface area contributed by atoms with E-state index in [4.69, 9.17) is 0 Å². The average molecular weight is 253 g/mol. The molecule has 1 saturated heterocycles. The molecule has 2 heteroatoms. The van der Waals surface area contributed by atoms with Crippen LogP contribution in [0.3, 0.4) is 0 Å². The lowest BCUT2D eigenvalue weighted by atomic mass is 9.71. The maximum absolute atomic E-state index is 10.4. The fraction of sp³-hybridized carbons (Fsp3) is 1.00. The van der Waals surface area contributed by atoms with E-state index in [1.54, 1.807) is 0 Å². The molecule has 2 fully saturated rings. The van der Waals surface area contributed by atoms with Crippen molar-refractivity contribution < 1.29 is 5.11 Å². The zero-order chi connectivity index (χ0) is 13.5. The van der Waals surface area contributed by atoms with Crippen LogP contribution in [0.15, 0.2) is 0 Å². The van der Waals surface area contributed by atoms with Crippen molar-refractivity contribution in [3.8, 4) is 0 Å². The third-order valence-electron chi connectivity index (χ3n) is 5.79. The topological polar surface area (TPSA) is 23.5 Å².